The number of allylic oxidation sites excluding steroid dienone is 1. The predicted molar refractivity (Wildman–Crippen MR) is 138 cm³/mol. The molecular weight excluding hydrogens is 490 g/mol. The highest BCUT2D eigenvalue weighted by molar-refractivity contribution is 6.33. The molecule has 0 aliphatic carbocycles. The summed E-state index contributed by atoms with van der Waals surface area (Å²) in [5, 5.41) is 4.46. The lowest BCUT2D eigenvalue weighted by molar-refractivity contribution is -0.117. The van der Waals surface area contributed by atoms with E-state index in [-0.39, 0.29) is 11.7 Å². The van der Waals surface area contributed by atoms with Crippen LogP contribution in [0.2, 0.25) is 15.1 Å². The van der Waals surface area contributed by atoms with Crippen LogP contribution in [0, 0.1) is 19.7 Å². The van der Waals surface area contributed by atoms with Crippen LogP contribution in [0.4, 0.5) is 4.39 Å². The topological polar surface area (TPSA) is 75.6 Å². The maximum Gasteiger partial charge on any atom is 0.269 e. The zero-order valence-corrected chi connectivity index (χ0v) is 21.9. The Morgan fingerprint density at radius 3 is 1.85 bits per heavy atom. The number of benzene rings is 2. The summed E-state index contributed by atoms with van der Waals surface area (Å²) in [6, 6.07) is 9.84. The standard InChI is InChI=1S/C8H14N2O.C7H6Cl2.C7H6ClF.2CH2O/c1-5-7(8(11)9-4)10-6(2)3;1-5-4-6(8)2-3-7(5)9;1-5-2-6(8)4-7(9)3-5;2*1-2/h5H,1-4H3,(H,9,11);2*2-4H,1H3;2*1H2/b7-5-;;;;. The summed E-state index contributed by atoms with van der Waals surface area (Å²) in [5.41, 5.74) is 3.21. The van der Waals surface area contributed by atoms with Crippen LogP contribution in [-0.2, 0) is 14.4 Å². The van der Waals surface area contributed by atoms with Gasteiger partial charge in [0.1, 0.15) is 25.1 Å². The zero-order chi connectivity index (χ0) is 26.6. The predicted octanol–water partition coefficient (Wildman–Crippen LogP) is 6.84. The normalized spacial score (nSPS) is 9.09. The third kappa shape index (κ3) is 18.7. The fraction of sp³-hybridized carbons (Fsp3) is 0.250. The monoisotopic (exact) mass is 518 g/mol. The van der Waals surface area contributed by atoms with Crippen LogP contribution in [0.25, 0.3) is 0 Å². The summed E-state index contributed by atoms with van der Waals surface area (Å²) >= 11 is 16.9. The highest BCUT2D eigenvalue weighted by Crippen LogP contribution is 2.18. The number of nitrogens with one attached hydrogen (secondary N) is 1. The summed E-state index contributed by atoms with van der Waals surface area (Å²) in [6.45, 7) is 13.2. The molecule has 0 unspecified atom stereocenters. The molecule has 2 aromatic rings. The maximum absolute atomic E-state index is 12.3. The van der Waals surface area contributed by atoms with Gasteiger partial charge in [-0.15, -0.1) is 0 Å². The molecule has 0 spiro atoms. The first kappa shape index (κ1) is 35.1. The van der Waals surface area contributed by atoms with Crippen LogP contribution >= 0.6 is 34.8 Å². The van der Waals surface area contributed by atoms with Gasteiger partial charge >= 0.3 is 0 Å². The van der Waals surface area contributed by atoms with Gasteiger partial charge in [0, 0.05) is 27.8 Å². The van der Waals surface area contributed by atoms with E-state index in [1.54, 1.807) is 45.2 Å². The Labute approximate surface area is 210 Å². The zero-order valence-electron chi connectivity index (χ0n) is 19.6. The third-order valence-electron chi connectivity index (χ3n) is 3.20. The number of nitrogens with zero attached hydrogens (tertiary/aromatic N) is 1. The first-order valence-corrected chi connectivity index (χ1v) is 10.5. The number of carbonyl (C=O) groups excluding carboxylic acids is 3. The highest BCUT2D eigenvalue weighted by Gasteiger charge is 2.02. The second-order valence-electron chi connectivity index (χ2n) is 6.15. The Hall–Kier alpha value is -2.54. The second-order valence-corrected chi connectivity index (χ2v) is 7.43. The van der Waals surface area contributed by atoms with Crippen molar-refractivity contribution in [2.24, 2.45) is 4.99 Å². The van der Waals surface area contributed by atoms with E-state index in [0.29, 0.717) is 10.7 Å². The number of hydrogen-bond donors (Lipinski definition) is 1. The molecular formula is C24H30Cl3FN2O3. The van der Waals surface area contributed by atoms with E-state index in [1.165, 1.54) is 12.1 Å². The van der Waals surface area contributed by atoms with Crippen molar-refractivity contribution in [1.82, 2.24) is 5.32 Å². The average Bonchev–Trinajstić information content (AvgIpc) is 2.77. The van der Waals surface area contributed by atoms with E-state index in [0.717, 1.165) is 26.9 Å². The fourth-order valence-electron chi connectivity index (χ4n) is 1.92. The molecule has 0 bridgehead atoms. The van der Waals surface area contributed by atoms with Crippen molar-refractivity contribution in [3.63, 3.8) is 0 Å². The van der Waals surface area contributed by atoms with Crippen molar-refractivity contribution in [2.75, 3.05) is 7.05 Å². The maximum atomic E-state index is 12.3. The van der Waals surface area contributed by atoms with Gasteiger partial charge in [0.15, 0.2) is 0 Å². The largest absolute Gasteiger partial charge is 0.354 e. The summed E-state index contributed by atoms with van der Waals surface area (Å²) < 4.78 is 12.3. The van der Waals surface area contributed by atoms with Crippen LogP contribution in [0.5, 0.6) is 0 Å². The van der Waals surface area contributed by atoms with Gasteiger partial charge in [-0.1, -0.05) is 40.9 Å². The van der Waals surface area contributed by atoms with E-state index < -0.39 is 0 Å². The van der Waals surface area contributed by atoms with Crippen LogP contribution in [0.15, 0.2) is 53.2 Å². The van der Waals surface area contributed by atoms with Crippen LogP contribution < -0.4 is 5.32 Å². The second kappa shape index (κ2) is 21.3. The molecule has 182 valence electrons. The molecule has 0 fully saturated rings. The quantitative estimate of drug-likeness (QED) is 0.349. The van der Waals surface area contributed by atoms with E-state index in [1.807, 2.05) is 40.4 Å². The van der Waals surface area contributed by atoms with E-state index >= 15 is 0 Å². The van der Waals surface area contributed by atoms with Crippen molar-refractivity contribution in [3.8, 4) is 0 Å². The first-order chi connectivity index (χ1) is 15.5. The molecule has 2 rings (SSSR count). The number of amides is 1. The molecule has 0 saturated carbocycles. The van der Waals surface area contributed by atoms with Crippen molar-refractivity contribution < 1.29 is 18.8 Å². The summed E-state index contributed by atoms with van der Waals surface area (Å²) in [7, 11) is 1.59. The molecule has 1 N–H and O–H groups in total. The molecule has 0 aliphatic rings. The molecule has 1 amide bonds. The lowest BCUT2D eigenvalue weighted by atomic mass is 10.2. The molecule has 0 heterocycles. The Balaban J connectivity index is -0.000000381. The fourth-order valence-corrected chi connectivity index (χ4v) is 2.54. The number of rotatable bonds is 2. The minimum absolute atomic E-state index is 0.145. The van der Waals surface area contributed by atoms with Gasteiger partial charge in [-0.05, 0) is 82.1 Å². The van der Waals surface area contributed by atoms with Gasteiger partial charge in [0.2, 0.25) is 0 Å². The van der Waals surface area contributed by atoms with Gasteiger partial charge in [-0.2, -0.15) is 0 Å². The van der Waals surface area contributed by atoms with Gasteiger partial charge in [0.05, 0.1) is 0 Å². The molecule has 0 atom stereocenters. The smallest absolute Gasteiger partial charge is 0.269 e. The van der Waals surface area contributed by atoms with Gasteiger partial charge in [0.25, 0.3) is 5.91 Å². The summed E-state index contributed by atoms with van der Waals surface area (Å²) in [4.78, 5) is 31.0. The molecule has 0 radical (unpaired) electrons. The van der Waals surface area contributed by atoms with E-state index in [9.17, 15) is 9.18 Å². The van der Waals surface area contributed by atoms with Crippen LogP contribution in [0.1, 0.15) is 31.9 Å². The van der Waals surface area contributed by atoms with Gasteiger partial charge in [-0.3, -0.25) is 9.79 Å². The minimum Gasteiger partial charge on any atom is -0.354 e. The molecule has 2 aromatic carbocycles. The van der Waals surface area contributed by atoms with Crippen LogP contribution in [0.3, 0.4) is 0 Å². The molecule has 0 aliphatic heterocycles. The Morgan fingerprint density at radius 1 is 0.970 bits per heavy atom. The van der Waals surface area contributed by atoms with Crippen molar-refractivity contribution in [3.05, 3.63) is 80.2 Å². The third-order valence-corrected chi connectivity index (χ3v) is 4.08. The molecule has 0 aromatic heterocycles. The molecule has 0 saturated heterocycles. The number of likely N-dealkylation sites (N-methyl/N-ethyl adjacent to an activating group) is 1. The number of hydrogen-bond acceptors (Lipinski definition) is 4. The minimum atomic E-state index is -0.278. The SMILES string of the molecule is C/C=C(\N=C(C)C)C(=O)NC.C=O.C=O.Cc1cc(Cl)ccc1Cl.Cc1cc(F)cc(Cl)c1. The van der Waals surface area contributed by atoms with Crippen molar-refractivity contribution in [2.45, 2.75) is 34.6 Å². The van der Waals surface area contributed by atoms with Crippen molar-refractivity contribution in [1.29, 1.82) is 0 Å². The van der Waals surface area contributed by atoms with Crippen LogP contribution in [-0.4, -0.2) is 32.2 Å². The molecule has 9 heteroatoms. The van der Waals surface area contributed by atoms with E-state index in [4.69, 9.17) is 44.4 Å². The molecule has 33 heavy (non-hydrogen) atoms. The Kier molecular flexibility index (Phi) is 22.6. The lowest BCUT2D eigenvalue weighted by Gasteiger charge is -1.98. The first-order valence-electron chi connectivity index (χ1n) is 9.32. The number of aliphatic imine (C=N–C) groups is 1. The highest BCUT2D eigenvalue weighted by atomic mass is 35.5. The lowest BCUT2D eigenvalue weighted by Crippen LogP contribution is -2.19. The van der Waals surface area contributed by atoms with E-state index in [2.05, 4.69) is 10.3 Å². The molecule has 5 nitrogen and oxygen atoms in total. The summed E-state index contributed by atoms with van der Waals surface area (Å²) in [6.07, 6.45) is 1.69. The average molecular weight is 520 g/mol. The van der Waals surface area contributed by atoms with Gasteiger partial charge < -0.3 is 14.9 Å². The Morgan fingerprint density at radius 2 is 1.52 bits per heavy atom. The summed E-state index contributed by atoms with van der Waals surface area (Å²) in [5.74, 6) is -0.422. The van der Waals surface area contributed by atoms with Gasteiger partial charge in [-0.25, -0.2) is 4.39 Å². The Bertz CT molecular complexity index is 863. The number of carbonyl (C=O) groups is 3. The van der Waals surface area contributed by atoms with Crippen molar-refractivity contribution >= 4 is 60.0 Å². The number of halogens is 4. The number of aryl methyl sites for hydroxylation is 2.